The number of carboxylic acid groups (broad SMARTS) is 1. The van der Waals surface area contributed by atoms with Crippen molar-refractivity contribution in [3.63, 3.8) is 0 Å². The number of hydrogen-bond donors (Lipinski definition) is 2. The van der Waals surface area contributed by atoms with E-state index in [2.05, 4.69) is 10.1 Å². The first-order chi connectivity index (χ1) is 14.4. The molecule has 1 unspecified atom stereocenters. The third-order valence-corrected chi connectivity index (χ3v) is 5.71. The standard InChI is InChI=1S/C19H18ClF3N2O6/c20-11-6-10(2-3-12(11)31-19(21,22)23)8-25-9-18(4-1-5-18)15(28)14(17(25)30)16(29)24-7-13(26)27/h2-3,6,14H,1,4-5,7-9H2,(H,24,29)(H,26,27). The van der Waals surface area contributed by atoms with Crippen molar-refractivity contribution in [3.8, 4) is 5.75 Å². The number of nitrogens with one attached hydrogen (secondary N) is 1. The van der Waals surface area contributed by atoms with Gasteiger partial charge in [0.15, 0.2) is 11.7 Å². The van der Waals surface area contributed by atoms with Crippen LogP contribution in [0.25, 0.3) is 0 Å². The van der Waals surface area contributed by atoms with E-state index < -0.39 is 53.6 Å². The van der Waals surface area contributed by atoms with Crippen LogP contribution in [0.3, 0.4) is 0 Å². The van der Waals surface area contributed by atoms with Crippen LogP contribution in [-0.2, 0) is 25.7 Å². The van der Waals surface area contributed by atoms with E-state index in [9.17, 15) is 32.3 Å². The van der Waals surface area contributed by atoms with Crippen LogP contribution in [-0.4, -0.2) is 53.0 Å². The normalized spacial score (nSPS) is 20.4. The minimum absolute atomic E-state index is 0.0613. The van der Waals surface area contributed by atoms with Crippen LogP contribution in [0, 0.1) is 11.3 Å². The van der Waals surface area contributed by atoms with Crippen molar-refractivity contribution in [1.82, 2.24) is 10.2 Å². The zero-order valence-electron chi connectivity index (χ0n) is 16.0. The second-order valence-corrected chi connectivity index (χ2v) is 7.96. The zero-order valence-corrected chi connectivity index (χ0v) is 16.8. The van der Waals surface area contributed by atoms with Gasteiger partial charge in [0.2, 0.25) is 11.8 Å². The fourth-order valence-electron chi connectivity index (χ4n) is 3.83. The lowest BCUT2D eigenvalue weighted by Gasteiger charge is -2.49. The Morgan fingerprint density at radius 3 is 2.48 bits per heavy atom. The predicted octanol–water partition coefficient (Wildman–Crippen LogP) is 2.14. The van der Waals surface area contributed by atoms with Gasteiger partial charge in [-0.15, -0.1) is 13.2 Å². The Kier molecular flexibility index (Phi) is 6.17. The van der Waals surface area contributed by atoms with Gasteiger partial charge in [0.25, 0.3) is 0 Å². The summed E-state index contributed by atoms with van der Waals surface area (Å²) in [5.41, 5.74) is -0.510. The van der Waals surface area contributed by atoms with Gasteiger partial charge < -0.3 is 20.1 Å². The van der Waals surface area contributed by atoms with E-state index in [0.717, 1.165) is 12.5 Å². The number of ketones is 1. The molecule has 1 aliphatic carbocycles. The summed E-state index contributed by atoms with van der Waals surface area (Å²) in [5, 5.41) is 10.5. The number of benzene rings is 1. The van der Waals surface area contributed by atoms with E-state index in [4.69, 9.17) is 16.7 Å². The molecule has 12 heteroatoms. The molecule has 0 aromatic heterocycles. The summed E-state index contributed by atoms with van der Waals surface area (Å²) in [6, 6.07) is 3.52. The minimum atomic E-state index is -4.92. The third kappa shape index (κ3) is 4.92. The topological polar surface area (TPSA) is 113 Å². The van der Waals surface area contributed by atoms with Gasteiger partial charge in [0.05, 0.1) is 5.02 Å². The number of aliphatic carboxylic acids is 1. The van der Waals surface area contributed by atoms with Crippen molar-refractivity contribution in [3.05, 3.63) is 28.8 Å². The lowest BCUT2D eigenvalue weighted by atomic mass is 9.61. The van der Waals surface area contributed by atoms with E-state index in [0.29, 0.717) is 18.4 Å². The van der Waals surface area contributed by atoms with Gasteiger partial charge in [-0.3, -0.25) is 19.2 Å². The largest absolute Gasteiger partial charge is 0.573 e. The summed E-state index contributed by atoms with van der Waals surface area (Å²) in [5.74, 6) is -5.90. The first-order valence-corrected chi connectivity index (χ1v) is 9.66. The van der Waals surface area contributed by atoms with Crippen LogP contribution in [0.4, 0.5) is 13.2 Å². The third-order valence-electron chi connectivity index (χ3n) is 5.42. The van der Waals surface area contributed by atoms with E-state index in [-0.39, 0.29) is 18.1 Å². The fourth-order valence-corrected chi connectivity index (χ4v) is 4.07. The lowest BCUT2D eigenvalue weighted by molar-refractivity contribution is -0.274. The number of rotatable bonds is 6. The number of amides is 2. The molecule has 1 aromatic carbocycles. The molecule has 1 spiro atoms. The number of carbonyl (C=O) groups excluding carboxylic acids is 3. The van der Waals surface area contributed by atoms with Gasteiger partial charge in [-0.1, -0.05) is 24.1 Å². The predicted molar refractivity (Wildman–Crippen MR) is 99.0 cm³/mol. The molecule has 2 fully saturated rings. The summed E-state index contributed by atoms with van der Waals surface area (Å²) in [7, 11) is 0. The highest BCUT2D eigenvalue weighted by atomic mass is 35.5. The Balaban J connectivity index is 1.81. The van der Waals surface area contributed by atoms with Crippen molar-refractivity contribution >= 4 is 35.2 Å². The number of carboxylic acids is 1. The maximum Gasteiger partial charge on any atom is 0.573 e. The highest BCUT2D eigenvalue weighted by Gasteiger charge is 2.56. The fraction of sp³-hybridized carbons (Fsp3) is 0.474. The first-order valence-electron chi connectivity index (χ1n) is 9.29. The molecule has 2 aliphatic rings. The number of halogens is 4. The van der Waals surface area contributed by atoms with E-state index >= 15 is 0 Å². The molecule has 1 heterocycles. The molecular formula is C19H18ClF3N2O6. The SMILES string of the molecule is O=C(O)CNC(=O)C1C(=O)N(Cc2ccc(OC(F)(F)F)c(Cl)c2)CC2(CCC2)C1=O. The number of nitrogens with zero attached hydrogens (tertiary/aromatic N) is 1. The van der Waals surface area contributed by atoms with E-state index in [1.54, 1.807) is 0 Å². The van der Waals surface area contributed by atoms with Crippen molar-refractivity contribution in [2.24, 2.45) is 11.3 Å². The van der Waals surface area contributed by atoms with Gasteiger partial charge in [-0.2, -0.15) is 0 Å². The molecule has 31 heavy (non-hydrogen) atoms. The number of ether oxygens (including phenoxy) is 1. The van der Waals surface area contributed by atoms with Gasteiger partial charge in [-0.25, -0.2) is 0 Å². The highest BCUT2D eigenvalue weighted by Crippen LogP contribution is 2.47. The Morgan fingerprint density at radius 2 is 1.97 bits per heavy atom. The molecule has 2 N–H and O–H groups in total. The molecule has 1 saturated heterocycles. The number of Topliss-reactive ketones (excluding diaryl/α,β-unsaturated/α-hetero) is 1. The number of alkyl halides is 3. The second kappa shape index (κ2) is 8.37. The van der Waals surface area contributed by atoms with Crippen molar-refractivity contribution in [2.75, 3.05) is 13.1 Å². The molecule has 1 aliphatic heterocycles. The first kappa shape index (κ1) is 22.9. The van der Waals surface area contributed by atoms with Gasteiger partial charge in [-0.05, 0) is 30.5 Å². The van der Waals surface area contributed by atoms with Gasteiger partial charge in [0, 0.05) is 18.5 Å². The van der Waals surface area contributed by atoms with Crippen LogP contribution in [0.2, 0.25) is 5.02 Å². The molecular weight excluding hydrogens is 445 g/mol. The molecule has 8 nitrogen and oxygen atoms in total. The Bertz CT molecular complexity index is 932. The molecule has 168 valence electrons. The average molecular weight is 463 g/mol. The summed E-state index contributed by atoms with van der Waals surface area (Å²) in [4.78, 5) is 50.1. The number of piperidine rings is 1. The Labute approximate surface area is 179 Å². The lowest BCUT2D eigenvalue weighted by Crippen LogP contribution is -2.62. The minimum Gasteiger partial charge on any atom is -0.480 e. The van der Waals surface area contributed by atoms with Crippen LogP contribution in [0.5, 0.6) is 5.75 Å². The Morgan fingerprint density at radius 1 is 1.29 bits per heavy atom. The summed E-state index contributed by atoms with van der Waals surface area (Å²) >= 11 is 5.85. The molecule has 1 atom stereocenters. The number of carbonyl (C=O) groups is 4. The molecule has 1 aromatic rings. The number of likely N-dealkylation sites (tertiary alicyclic amines) is 1. The molecule has 2 amide bonds. The van der Waals surface area contributed by atoms with Crippen LogP contribution in [0.15, 0.2) is 18.2 Å². The van der Waals surface area contributed by atoms with E-state index in [1.807, 2.05) is 0 Å². The maximum atomic E-state index is 12.9. The second-order valence-electron chi connectivity index (χ2n) is 7.55. The quantitative estimate of drug-likeness (QED) is 0.626. The van der Waals surface area contributed by atoms with Crippen LogP contribution < -0.4 is 10.1 Å². The van der Waals surface area contributed by atoms with Crippen molar-refractivity contribution < 1.29 is 42.2 Å². The highest BCUT2D eigenvalue weighted by molar-refractivity contribution is 6.32. The summed E-state index contributed by atoms with van der Waals surface area (Å²) in [6.07, 6.45) is -3.21. The van der Waals surface area contributed by atoms with Crippen LogP contribution >= 0.6 is 11.6 Å². The number of hydrogen-bond acceptors (Lipinski definition) is 5. The molecule has 0 radical (unpaired) electrons. The zero-order chi connectivity index (χ0) is 23.0. The van der Waals surface area contributed by atoms with Gasteiger partial charge in [0.1, 0.15) is 12.3 Å². The summed E-state index contributed by atoms with van der Waals surface area (Å²) < 4.78 is 41.0. The average Bonchev–Trinajstić information content (AvgIpc) is 2.62. The maximum absolute atomic E-state index is 12.9. The molecule has 1 saturated carbocycles. The molecule has 0 bridgehead atoms. The van der Waals surface area contributed by atoms with Crippen molar-refractivity contribution in [1.29, 1.82) is 0 Å². The molecule has 3 rings (SSSR count). The van der Waals surface area contributed by atoms with E-state index in [1.165, 1.54) is 17.0 Å². The smallest absolute Gasteiger partial charge is 0.480 e. The van der Waals surface area contributed by atoms with Crippen LogP contribution in [0.1, 0.15) is 24.8 Å². The monoisotopic (exact) mass is 462 g/mol. The Hall–Kier alpha value is -2.82. The van der Waals surface area contributed by atoms with Gasteiger partial charge >= 0.3 is 12.3 Å². The van der Waals surface area contributed by atoms with Crippen molar-refractivity contribution in [2.45, 2.75) is 32.2 Å². The summed E-state index contributed by atoms with van der Waals surface area (Å²) in [6.45, 7) is -0.770.